The fraction of sp³-hybridized carbons (Fsp3) is 0.267. The Balaban J connectivity index is 1.42. The number of carbonyl (C=O) groups is 1. The summed E-state index contributed by atoms with van der Waals surface area (Å²) < 4.78 is 11.9. The Morgan fingerprint density at radius 2 is 1.36 bits per heavy atom. The number of hydrogen-bond acceptors (Lipinski definition) is 7. The Morgan fingerprint density at radius 1 is 0.774 bits per heavy atom. The molecule has 8 nitrogen and oxygen atoms in total. The summed E-state index contributed by atoms with van der Waals surface area (Å²) in [6.45, 7) is 2.46. The van der Waals surface area contributed by atoms with Crippen molar-refractivity contribution >= 4 is 5.91 Å². The molecule has 3 heterocycles. The van der Waals surface area contributed by atoms with E-state index >= 15 is 4.79 Å². The third kappa shape index (κ3) is 7.52. The highest BCUT2D eigenvalue weighted by Crippen LogP contribution is 2.46. The fourth-order valence-electron chi connectivity index (χ4n) is 7.95. The molecule has 5 aromatic rings. The van der Waals surface area contributed by atoms with Gasteiger partial charge in [-0.15, -0.1) is 0 Å². The molecule has 0 unspecified atom stereocenters. The first-order valence-electron chi connectivity index (χ1n) is 18.3. The molecule has 1 aliphatic carbocycles. The van der Waals surface area contributed by atoms with Crippen LogP contribution in [0, 0.1) is 0 Å². The number of ether oxygens (including phenoxy) is 2. The van der Waals surface area contributed by atoms with Crippen LogP contribution in [0.25, 0.3) is 0 Å². The molecule has 1 aliphatic heterocycles. The van der Waals surface area contributed by atoms with Crippen LogP contribution in [0.5, 0.6) is 5.75 Å². The van der Waals surface area contributed by atoms with Crippen LogP contribution in [-0.4, -0.2) is 64.6 Å². The monoisotopic (exact) mass is 706 g/mol. The van der Waals surface area contributed by atoms with E-state index in [1.165, 1.54) is 0 Å². The van der Waals surface area contributed by atoms with Gasteiger partial charge < -0.3 is 24.4 Å². The molecular formula is C45H46N4O4. The molecule has 2 aliphatic rings. The van der Waals surface area contributed by atoms with E-state index in [9.17, 15) is 5.11 Å². The molecular weight excluding hydrogens is 661 g/mol. The number of hydrogen-bond donors (Lipinski definition) is 1. The van der Waals surface area contributed by atoms with Gasteiger partial charge in [0.05, 0.1) is 31.9 Å². The highest BCUT2D eigenvalue weighted by Gasteiger charge is 2.43. The summed E-state index contributed by atoms with van der Waals surface area (Å²) >= 11 is 0. The minimum atomic E-state index is -1.04. The molecule has 0 spiro atoms. The standard InChI is InChI=1S/C45H46N4O4/c1-52-38-17-11-16-35(30-38)40(32-48-28-9-10-29-48)49(42(33-12-5-3-6-13-33)43(50)34-14-7-4-8-15-34)44(51)39-18-23-45(31-41(39)53-2,36-19-24-46-25-20-36)37-21-26-47-27-22-37/h3-8,11-27,30,40,42-43,50H,9-10,28-29,31-32H2,1-2H3/t40-,42+,43-/m1/s1. The van der Waals surface area contributed by atoms with Gasteiger partial charge in [-0.05, 0) is 96.2 Å². The van der Waals surface area contributed by atoms with Crippen LogP contribution in [0.1, 0.15) is 65.3 Å². The average Bonchev–Trinajstić information content (AvgIpc) is 3.76. The smallest absolute Gasteiger partial charge is 0.258 e. The maximum absolute atomic E-state index is 15.8. The van der Waals surface area contributed by atoms with Crippen LogP contribution in [0.2, 0.25) is 0 Å². The van der Waals surface area contributed by atoms with Gasteiger partial charge >= 0.3 is 0 Å². The third-order valence-electron chi connectivity index (χ3n) is 10.7. The number of aliphatic hydroxyl groups is 1. The predicted molar refractivity (Wildman–Crippen MR) is 206 cm³/mol. The number of allylic oxidation sites excluding steroid dienone is 2. The van der Waals surface area contributed by atoms with Gasteiger partial charge in [0.25, 0.3) is 5.91 Å². The van der Waals surface area contributed by atoms with Crippen LogP contribution < -0.4 is 4.74 Å². The van der Waals surface area contributed by atoms with Gasteiger partial charge in [0, 0.05) is 43.2 Å². The van der Waals surface area contributed by atoms with Crippen LogP contribution in [0.15, 0.2) is 157 Å². The number of carbonyl (C=O) groups excluding carboxylic acids is 1. The molecule has 2 aromatic heterocycles. The molecule has 270 valence electrons. The van der Waals surface area contributed by atoms with Crippen molar-refractivity contribution in [3.63, 3.8) is 0 Å². The van der Waals surface area contributed by atoms with Crippen LogP contribution >= 0.6 is 0 Å². The van der Waals surface area contributed by atoms with Crippen LogP contribution in [0.3, 0.4) is 0 Å². The maximum atomic E-state index is 15.8. The van der Waals surface area contributed by atoms with Gasteiger partial charge in [-0.1, -0.05) is 78.9 Å². The number of methoxy groups -OCH3 is 2. The highest BCUT2D eigenvalue weighted by molar-refractivity contribution is 5.98. The quantitative estimate of drug-likeness (QED) is 0.134. The number of pyridine rings is 2. The van der Waals surface area contributed by atoms with E-state index in [1.807, 2.05) is 114 Å². The van der Waals surface area contributed by atoms with Crippen molar-refractivity contribution in [1.82, 2.24) is 19.8 Å². The van der Waals surface area contributed by atoms with E-state index in [4.69, 9.17) is 9.47 Å². The zero-order valence-corrected chi connectivity index (χ0v) is 30.3. The van der Waals surface area contributed by atoms with Gasteiger partial charge in [-0.25, -0.2) is 0 Å². The summed E-state index contributed by atoms with van der Waals surface area (Å²) in [5.41, 5.74) is 4.34. The van der Waals surface area contributed by atoms with Crippen molar-refractivity contribution in [1.29, 1.82) is 0 Å². The summed E-state index contributed by atoms with van der Waals surface area (Å²) in [5, 5.41) is 12.5. The molecule has 8 heteroatoms. The lowest BCUT2D eigenvalue weighted by atomic mass is 9.69. The molecule has 3 atom stereocenters. The number of likely N-dealkylation sites (tertiary alicyclic amines) is 1. The Hall–Kier alpha value is -5.57. The van der Waals surface area contributed by atoms with Crippen LogP contribution in [-0.2, 0) is 14.9 Å². The minimum absolute atomic E-state index is 0.230. The molecule has 3 aromatic carbocycles. The van der Waals surface area contributed by atoms with E-state index < -0.39 is 23.6 Å². The highest BCUT2D eigenvalue weighted by atomic mass is 16.5. The van der Waals surface area contributed by atoms with E-state index in [1.54, 1.807) is 39.0 Å². The molecule has 1 amide bonds. The Kier molecular flexibility index (Phi) is 11.1. The molecule has 1 N–H and O–H groups in total. The molecule has 7 rings (SSSR count). The molecule has 0 saturated carbocycles. The maximum Gasteiger partial charge on any atom is 0.258 e. The largest absolute Gasteiger partial charge is 0.500 e. The van der Waals surface area contributed by atoms with Crippen molar-refractivity contribution < 1.29 is 19.4 Å². The topological polar surface area (TPSA) is 88.0 Å². The zero-order valence-electron chi connectivity index (χ0n) is 30.3. The SMILES string of the molecule is COC1=C(C(=O)N([C@H](CN2CCCC2)c2cccc(OC)c2)[C@@H](c2ccccc2)[C@H](O)c2ccccc2)C=CC(c2ccncc2)(c2ccncc2)C1. The third-order valence-corrected chi connectivity index (χ3v) is 10.7. The second-order valence-electron chi connectivity index (χ2n) is 13.7. The van der Waals surface area contributed by atoms with Gasteiger partial charge in [0.2, 0.25) is 0 Å². The summed E-state index contributed by atoms with van der Waals surface area (Å²) in [6.07, 6.45) is 12.7. The second-order valence-corrected chi connectivity index (χ2v) is 13.7. The lowest BCUT2D eigenvalue weighted by Gasteiger charge is -2.43. The first-order chi connectivity index (χ1) is 26.0. The van der Waals surface area contributed by atoms with Gasteiger partial charge in [-0.2, -0.15) is 0 Å². The Morgan fingerprint density at radius 3 is 1.94 bits per heavy atom. The van der Waals surface area contributed by atoms with Gasteiger partial charge in [0.15, 0.2) is 0 Å². The Labute approximate surface area is 312 Å². The van der Waals surface area contributed by atoms with Crippen molar-refractivity contribution in [3.8, 4) is 5.75 Å². The normalized spacial score (nSPS) is 17.2. The van der Waals surface area contributed by atoms with E-state index in [0.29, 0.717) is 30.0 Å². The van der Waals surface area contributed by atoms with E-state index in [0.717, 1.165) is 53.7 Å². The number of rotatable bonds is 13. The van der Waals surface area contributed by atoms with E-state index in [-0.39, 0.29) is 5.91 Å². The number of aliphatic hydroxyl groups excluding tert-OH is 1. The summed E-state index contributed by atoms with van der Waals surface area (Å²) in [7, 11) is 3.29. The lowest BCUT2D eigenvalue weighted by Crippen LogP contribution is -2.46. The van der Waals surface area contributed by atoms with Crippen molar-refractivity contribution in [2.24, 2.45) is 0 Å². The van der Waals surface area contributed by atoms with Crippen molar-refractivity contribution in [3.05, 3.63) is 185 Å². The Bertz CT molecular complexity index is 1980. The van der Waals surface area contributed by atoms with Gasteiger partial charge in [-0.3, -0.25) is 14.8 Å². The lowest BCUT2D eigenvalue weighted by molar-refractivity contribution is -0.136. The average molecular weight is 707 g/mol. The number of amides is 1. The number of aromatic nitrogens is 2. The van der Waals surface area contributed by atoms with Crippen LogP contribution in [0.4, 0.5) is 0 Å². The second kappa shape index (κ2) is 16.4. The molecule has 0 bridgehead atoms. The number of benzene rings is 3. The summed E-state index contributed by atoms with van der Waals surface area (Å²) in [5.74, 6) is 1.03. The number of nitrogens with zero attached hydrogens (tertiary/aromatic N) is 4. The fourth-order valence-corrected chi connectivity index (χ4v) is 7.95. The molecule has 0 radical (unpaired) electrons. The first-order valence-corrected chi connectivity index (χ1v) is 18.3. The van der Waals surface area contributed by atoms with Crippen molar-refractivity contribution in [2.45, 2.75) is 42.9 Å². The summed E-state index contributed by atoms with van der Waals surface area (Å²) in [6, 6.07) is 34.3. The first kappa shape index (κ1) is 35.8. The molecule has 1 fully saturated rings. The van der Waals surface area contributed by atoms with Crippen molar-refractivity contribution in [2.75, 3.05) is 33.9 Å². The zero-order chi connectivity index (χ0) is 36.6. The molecule has 53 heavy (non-hydrogen) atoms. The predicted octanol–water partition coefficient (Wildman–Crippen LogP) is 7.77. The van der Waals surface area contributed by atoms with Gasteiger partial charge in [0.1, 0.15) is 17.6 Å². The summed E-state index contributed by atoms with van der Waals surface area (Å²) in [4.78, 5) is 28.7. The molecule has 1 saturated heterocycles. The van der Waals surface area contributed by atoms with E-state index in [2.05, 4.69) is 27.0 Å². The minimum Gasteiger partial charge on any atom is -0.500 e.